The van der Waals surface area contributed by atoms with E-state index in [9.17, 15) is 19.2 Å². The van der Waals surface area contributed by atoms with E-state index < -0.39 is 29.9 Å². The van der Waals surface area contributed by atoms with E-state index in [2.05, 4.69) is 10.6 Å². The van der Waals surface area contributed by atoms with Crippen LogP contribution in [0.4, 0.5) is 16.2 Å². The van der Waals surface area contributed by atoms with Gasteiger partial charge < -0.3 is 20.1 Å². The largest absolute Gasteiger partial charge is 0.493 e. The van der Waals surface area contributed by atoms with Crippen LogP contribution in [0.25, 0.3) is 0 Å². The number of nitrogens with one attached hydrogen (secondary N) is 2. The maximum Gasteiger partial charge on any atom is 0.325 e. The first-order valence-electron chi connectivity index (χ1n) is 9.84. The Morgan fingerprint density at radius 3 is 2.50 bits per heavy atom. The van der Waals surface area contributed by atoms with Gasteiger partial charge in [-0.05, 0) is 36.8 Å². The summed E-state index contributed by atoms with van der Waals surface area (Å²) in [4.78, 5) is 53.1. The lowest BCUT2D eigenvalue weighted by atomic mass is 9.91. The number of imide groups is 1. The molecule has 10 heteroatoms. The lowest BCUT2D eigenvalue weighted by Gasteiger charge is -2.30. The van der Waals surface area contributed by atoms with Gasteiger partial charge in [-0.2, -0.15) is 0 Å². The molecule has 4 rings (SSSR count). The molecule has 2 aliphatic rings. The van der Waals surface area contributed by atoms with Gasteiger partial charge in [0.15, 0.2) is 11.5 Å². The average molecular weight is 438 g/mol. The van der Waals surface area contributed by atoms with Crippen LogP contribution in [0.5, 0.6) is 11.5 Å². The lowest BCUT2D eigenvalue weighted by Crippen LogP contribution is -2.48. The van der Waals surface area contributed by atoms with Crippen LogP contribution in [0.1, 0.15) is 12.5 Å². The van der Waals surface area contributed by atoms with E-state index in [1.54, 1.807) is 49.4 Å². The molecule has 2 heterocycles. The molecule has 5 amide bonds. The number of carbonyl (C=O) groups is 4. The van der Waals surface area contributed by atoms with E-state index in [-0.39, 0.29) is 12.5 Å². The van der Waals surface area contributed by atoms with Gasteiger partial charge in [0.05, 0.1) is 25.6 Å². The molecule has 0 bridgehead atoms. The summed E-state index contributed by atoms with van der Waals surface area (Å²) in [5.41, 5.74) is 0.0797. The molecule has 0 aliphatic carbocycles. The molecule has 0 spiro atoms. The summed E-state index contributed by atoms with van der Waals surface area (Å²) in [6.45, 7) is 0.851. The lowest BCUT2D eigenvalue weighted by molar-refractivity contribution is -0.134. The van der Waals surface area contributed by atoms with Crippen LogP contribution < -0.4 is 25.0 Å². The number of anilines is 2. The normalized spacial score (nSPS) is 19.9. The molecule has 166 valence electrons. The average Bonchev–Trinajstić information content (AvgIpc) is 3.01. The van der Waals surface area contributed by atoms with Gasteiger partial charge in [-0.15, -0.1) is 0 Å². The first-order chi connectivity index (χ1) is 15.3. The molecule has 0 radical (unpaired) electrons. The van der Waals surface area contributed by atoms with Crippen LogP contribution in [0.2, 0.25) is 0 Å². The summed E-state index contributed by atoms with van der Waals surface area (Å²) in [7, 11) is 2.96. The highest BCUT2D eigenvalue weighted by Crippen LogP contribution is 2.36. The molecule has 2 N–H and O–H groups in total. The smallest absolute Gasteiger partial charge is 0.325 e. The maximum atomic E-state index is 13.2. The Kier molecular flexibility index (Phi) is 5.21. The van der Waals surface area contributed by atoms with Gasteiger partial charge in [0.25, 0.3) is 5.91 Å². The third-order valence-corrected chi connectivity index (χ3v) is 5.60. The number of benzene rings is 2. The van der Waals surface area contributed by atoms with Crippen LogP contribution >= 0.6 is 0 Å². The summed E-state index contributed by atoms with van der Waals surface area (Å²) < 4.78 is 10.5. The summed E-state index contributed by atoms with van der Waals surface area (Å²) >= 11 is 0. The van der Waals surface area contributed by atoms with Gasteiger partial charge >= 0.3 is 6.03 Å². The van der Waals surface area contributed by atoms with Crippen molar-refractivity contribution in [2.24, 2.45) is 0 Å². The Morgan fingerprint density at radius 1 is 1.06 bits per heavy atom. The fraction of sp³-hybridized carbons (Fsp3) is 0.273. The zero-order chi connectivity index (χ0) is 23.0. The third kappa shape index (κ3) is 3.39. The molecule has 1 atom stereocenters. The van der Waals surface area contributed by atoms with Crippen molar-refractivity contribution in [3.8, 4) is 11.5 Å². The minimum Gasteiger partial charge on any atom is -0.493 e. The minimum absolute atomic E-state index is 0.202. The predicted octanol–water partition coefficient (Wildman–Crippen LogP) is 1.46. The molecular formula is C22H22N4O6. The summed E-state index contributed by atoms with van der Waals surface area (Å²) in [6.07, 6.45) is 0. The quantitative estimate of drug-likeness (QED) is 0.683. The Balaban J connectivity index is 1.59. The molecule has 10 nitrogen and oxygen atoms in total. The van der Waals surface area contributed by atoms with E-state index in [1.807, 2.05) is 0 Å². The van der Waals surface area contributed by atoms with Crippen molar-refractivity contribution >= 4 is 35.1 Å². The number of ether oxygens (including phenoxy) is 2. The minimum atomic E-state index is -1.39. The molecule has 1 saturated heterocycles. The molecule has 1 fully saturated rings. The molecule has 2 aliphatic heterocycles. The summed E-state index contributed by atoms with van der Waals surface area (Å²) in [5, 5.41) is 5.36. The molecule has 2 aromatic rings. The number of methoxy groups -OCH3 is 2. The Bertz CT molecular complexity index is 1130. The third-order valence-electron chi connectivity index (χ3n) is 5.60. The van der Waals surface area contributed by atoms with Gasteiger partial charge in [-0.1, -0.05) is 18.2 Å². The fourth-order valence-electron chi connectivity index (χ4n) is 3.86. The molecule has 0 aromatic heterocycles. The van der Waals surface area contributed by atoms with Crippen LogP contribution in [0.3, 0.4) is 0 Å². The van der Waals surface area contributed by atoms with Crippen molar-refractivity contribution < 1.29 is 28.7 Å². The van der Waals surface area contributed by atoms with E-state index in [1.165, 1.54) is 19.1 Å². The van der Waals surface area contributed by atoms with Crippen molar-refractivity contribution in [1.29, 1.82) is 0 Å². The number of amides is 5. The first-order valence-corrected chi connectivity index (χ1v) is 9.84. The number of carbonyl (C=O) groups excluding carboxylic acids is 4. The van der Waals surface area contributed by atoms with E-state index in [0.717, 1.165) is 4.90 Å². The van der Waals surface area contributed by atoms with Crippen molar-refractivity contribution in [2.45, 2.75) is 12.5 Å². The number of urea groups is 1. The first kappa shape index (κ1) is 21.2. The van der Waals surface area contributed by atoms with Crippen LogP contribution in [-0.4, -0.2) is 56.0 Å². The van der Waals surface area contributed by atoms with Gasteiger partial charge in [0.1, 0.15) is 18.6 Å². The molecule has 32 heavy (non-hydrogen) atoms. The van der Waals surface area contributed by atoms with Crippen molar-refractivity contribution in [3.05, 3.63) is 48.0 Å². The highest BCUT2D eigenvalue weighted by atomic mass is 16.5. The zero-order valence-corrected chi connectivity index (χ0v) is 17.8. The Hall–Kier alpha value is -4.08. The standard InChI is InChI=1S/C22H22N4O6/c1-22(13-8-9-16(31-2)17(10-13)32-3)20(29)26(21(30)24-22)12-19(28)25-11-18(27)23-14-6-4-5-7-15(14)25/h4-10H,11-12H2,1-3H3,(H,23,27)(H,24,30)/t22-/m1/s1. The Labute approximate surface area is 184 Å². The topological polar surface area (TPSA) is 117 Å². The second-order valence-corrected chi connectivity index (χ2v) is 7.56. The number of nitrogens with zero attached hydrogens (tertiary/aromatic N) is 2. The zero-order valence-electron chi connectivity index (χ0n) is 17.8. The summed E-state index contributed by atoms with van der Waals surface area (Å²) in [6, 6.07) is 11.0. The second-order valence-electron chi connectivity index (χ2n) is 7.56. The van der Waals surface area contributed by atoms with Crippen LogP contribution in [-0.2, 0) is 19.9 Å². The molecule has 0 saturated carbocycles. The number of fused-ring (bicyclic) bond motifs is 1. The maximum absolute atomic E-state index is 13.2. The SMILES string of the molecule is COc1ccc([C@@]2(C)NC(=O)N(CC(=O)N3CC(=O)Nc4ccccc43)C2=O)cc1OC. The van der Waals surface area contributed by atoms with Gasteiger partial charge in [0, 0.05) is 0 Å². The number of para-hydroxylation sites is 2. The molecule has 0 unspecified atom stereocenters. The summed E-state index contributed by atoms with van der Waals surface area (Å²) in [5.74, 6) is -0.612. The van der Waals surface area contributed by atoms with Crippen LogP contribution in [0, 0.1) is 0 Å². The van der Waals surface area contributed by atoms with Crippen LogP contribution in [0.15, 0.2) is 42.5 Å². The van der Waals surface area contributed by atoms with E-state index >= 15 is 0 Å². The van der Waals surface area contributed by atoms with E-state index in [4.69, 9.17) is 9.47 Å². The van der Waals surface area contributed by atoms with Gasteiger partial charge in [-0.3, -0.25) is 24.2 Å². The fourth-order valence-corrected chi connectivity index (χ4v) is 3.86. The number of rotatable bonds is 5. The monoisotopic (exact) mass is 438 g/mol. The highest BCUT2D eigenvalue weighted by Gasteiger charge is 2.50. The second kappa shape index (κ2) is 7.88. The molecule has 2 aromatic carbocycles. The molecular weight excluding hydrogens is 416 g/mol. The number of hydrogen-bond donors (Lipinski definition) is 2. The highest BCUT2D eigenvalue weighted by molar-refractivity contribution is 6.14. The van der Waals surface area contributed by atoms with Crippen molar-refractivity contribution in [3.63, 3.8) is 0 Å². The van der Waals surface area contributed by atoms with E-state index in [0.29, 0.717) is 28.4 Å². The Morgan fingerprint density at radius 2 is 1.78 bits per heavy atom. The van der Waals surface area contributed by atoms with Gasteiger partial charge in [0.2, 0.25) is 11.8 Å². The van der Waals surface area contributed by atoms with Crippen molar-refractivity contribution in [1.82, 2.24) is 10.2 Å². The number of hydrogen-bond acceptors (Lipinski definition) is 6. The van der Waals surface area contributed by atoms with Crippen molar-refractivity contribution in [2.75, 3.05) is 37.5 Å². The predicted molar refractivity (Wildman–Crippen MR) is 115 cm³/mol. The van der Waals surface area contributed by atoms with Gasteiger partial charge in [-0.25, -0.2) is 4.79 Å².